The fraction of sp³-hybridized carbons (Fsp3) is 0.250. The van der Waals surface area contributed by atoms with Gasteiger partial charge in [0.2, 0.25) is 0 Å². The first-order valence-electron chi connectivity index (χ1n) is 5.07. The van der Waals surface area contributed by atoms with Gasteiger partial charge in [-0.2, -0.15) is 0 Å². The molecule has 0 bridgehead atoms. The Bertz CT molecular complexity index is 450. The van der Waals surface area contributed by atoms with Gasteiger partial charge in [-0.05, 0) is 17.7 Å². The summed E-state index contributed by atoms with van der Waals surface area (Å²) >= 11 is 5.79. The third-order valence-corrected chi connectivity index (χ3v) is 2.48. The van der Waals surface area contributed by atoms with Crippen molar-refractivity contribution < 1.29 is 9.52 Å². The van der Waals surface area contributed by atoms with Gasteiger partial charge in [0.15, 0.2) is 5.89 Å². The molecule has 1 aromatic carbocycles. The lowest BCUT2D eigenvalue weighted by molar-refractivity contribution is 0.286. The number of hydrogen-bond donors (Lipinski definition) is 1. The molecule has 0 fully saturated rings. The molecule has 0 atom stereocenters. The smallest absolute Gasteiger partial charge is 0.198 e. The maximum Gasteiger partial charge on any atom is 0.198 e. The lowest BCUT2D eigenvalue weighted by Crippen LogP contribution is -1.88. The highest BCUT2D eigenvalue weighted by atomic mass is 35.5. The van der Waals surface area contributed by atoms with E-state index < -0.39 is 0 Å². The summed E-state index contributed by atoms with van der Waals surface area (Å²) in [6, 6.07) is 7.57. The summed E-state index contributed by atoms with van der Waals surface area (Å²) < 4.78 is 5.45. The molecule has 0 aliphatic heterocycles. The average Bonchev–Trinajstić information content (AvgIpc) is 2.70. The fourth-order valence-corrected chi connectivity index (χ4v) is 1.56. The molecular formula is C12H12ClNO2. The zero-order valence-corrected chi connectivity index (χ0v) is 9.44. The molecule has 2 rings (SSSR count). The van der Waals surface area contributed by atoms with E-state index in [1.165, 1.54) is 0 Å². The number of aliphatic hydroxyl groups excluding tert-OH is 1. The Kier molecular flexibility index (Phi) is 3.59. The van der Waals surface area contributed by atoms with Crippen LogP contribution >= 0.6 is 11.6 Å². The maximum atomic E-state index is 8.75. The standard InChI is InChI=1S/C12H12ClNO2/c13-10-3-1-9(2-4-10)7-12-14-8-11(16-12)5-6-15/h1-4,8,15H,5-7H2. The first-order valence-corrected chi connectivity index (χ1v) is 5.44. The van der Waals surface area contributed by atoms with Crippen LogP contribution in [0.3, 0.4) is 0 Å². The number of aliphatic hydroxyl groups is 1. The van der Waals surface area contributed by atoms with Crippen molar-refractivity contribution in [3.63, 3.8) is 0 Å². The number of oxazole rings is 1. The van der Waals surface area contributed by atoms with Crippen LogP contribution in [0.1, 0.15) is 17.2 Å². The molecule has 3 nitrogen and oxygen atoms in total. The average molecular weight is 238 g/mol. The highest BCUT2D eigenvalue weighted by molar-refractivity contribution is 6.30. The van der Waals surface area contributed by atoms with Gasteiger partial charge >= 0.3 is 0 Å². The van der Waals surface area contributed by atoms with Crippen LogP contribution in [-0.2, 0) is 12.8 Å². The van der Waals surface area contributed by atoms with Crippen LogP contribution < -0.4 is 0 Å². The Morgan fingerprint density at radius 2 is 2.00 bits per heavy atom. The summed E-state index contributed by atoms with van der Waals surface area (Å²) in [6.07, 6.45) is 2.80. The van der Waals surface area contributed by atoms with Gasteiger partial charge in [-0.15, -0.1) is 0 Å². The van der Waals surface area contributed by atoms with Gasteiger partial charge in [0, 0.05) is 17.9 Å². The molecule has 0 saturated carbocycles. The molecule has 0 saturated heterocycles. The molecule has 2 aromatic rings. The SMILES string of the molecule is OCCc1cnc(Cc2ccc(Cl)cc2)o1. The van der Waals surface area contributed by atoms with Crippen molar-refractivity contribution in [3.05, 3.63) is 52.7 Å². The Morgan fingerprint density at radius 3 is 2.69 bits per heavy atom. The molecule has 0 aliphatic carbocycles. The summed E-state index contributed by atoms with van der Waals surface area (Å²) in [5.41, 5.74) is 1.10. The Hall–Kier alpha value is -1.32. The number of nitrogens with zero attached hydrogens (tertiary/aromatic N) is 1. The van der Waals surface area contributed by atoms with Crippen molar-refractivity contribution >= 4 is 11.6 Å². The number of rotatable bonds is 4. The van der Waals surface area contributed by atoms with E-state index in [0.717, 1.165) is 10.6 Å². The minimum absolute atomic E-state index is 0.0789. The monoisotopic (exact) mass is 237 g/mol. The van der Waals surface area contributed by atoms with Crippen LogP contribution in [0.2, 0.25) is 5.02 Å². The second-order valence-corrected chi connectivity index (χ2v) is 3.93. The first kappa shape index (κ1) is 11.2. The highest BCUT2D eigenvalue weighted by Crippen LogP contribution is 2.14. The fourth-order valence-electron chi connectivity index (χ4n) is 1.43. The normalized spacial score (nSPS) is 10.6. The van der Waals surface area contributed by atoms with E-state index in [-0.39, 0.29) is 6.61 Å². The predicted molar refractivity (Wildman–Crippen MR) is 61.6 cm³/mol. The molecule has 0 spiro atoms. The van der Waals surface area contributed by atoms with Crippen molar-refractivity contribution in [2.75, 3.05) is 6.61 Å². The topological polar surface area (TPSA) is 46.3 Å². The summed E-state index contributed by atoms with van der Waals surface area (Å²) in [5, 5.41) is 9.47. The van der Waals surface area contributed by atoms with Crippen LogP contribution in [0.25, 0.3) is 0 Å². The van der Waals surface area contributed by atoms with E-state index in [1.807, 2.05) is 24.3 Å². The van der Waals surface area contributed by atoms with Crippen LogP contribution in [0.15, 0.2) is 34.9 Å². The second kappa shape index (κ2) is 5.14. The summed E-state index contributed by atoms with van der Waals surface area (Å²) in [4.78, 5) is 4.14. The first-order chi connectivity index (χ1) is 7.78. The zero-order valence-electron chi connectivity index (χ0n) is 8.69. The number of hydrogen-bond acceptors (Lipinski definition) is 3. The van der Waals surface area contributed by atoms with Crippen molar-refractivity contribution in [3.8, 4) is 0 Å². The van der Waals surface area contributed by atoms with Crippen molar-refractivity contribution in [2.24, 2.45) is 0 Å². The number of benzene rings is 1. The van der Waals surface area contributed by atoms with Crippen LogP contribution in [0, 0.1) is 0 Å². The molecule has 1 heterocycles. The quantitative estimate of drug-likeness (QED) is 0.889. The molecular weight excluding hydrogens is 226 g/mol. The van der Waals surface area contributed by atoms with E-state index in [2.05, 4.69) is 4.98 Å². The maximum absolute atomic E-state index is 8.75. The van der Waals surface area contributed by atoms with Gasteiger partial charge < -0.3 is 9.52 Å². The number of aromatic nitrogens is 1. The lowest BCUT2D eigenvalue weighted by Gasteiger charge is -1.97. The molecule has 1 aromatic heterocycles. The minimum atomic E-state index is 0.0789. The third kappa shape index (κ3) is 2.84. The Labute approximate surface area is 98.7 Å². The van der Waals surface area contributed by atoms with E-state index >= 15 is 0 Å². The molecule has 84 valence electrons. The molecule has 0 amide bonds. The highest BCUT2D eigenvalue weighted by Gasteiger charge is 2.04. The molecule has 0 aliphatic rings. The van der Waals surface area contributed by atoms with Gasteiger partial charge in [0.05, 0.1) is 12.8 Å². The van der Waals surface area contributed by atoms with Gasteiger partial charge in [0.1, 0.15) is 5.76 Å². The number of halogens is 1. The van der Waals surface area contributed by atoms with E-state index in [1.54, 1.807) is 6.20 Å². The van der Waals surface area contributed by atoms with Crippen LogP contribution in [0.5, 0.6) is 0 Å². The van der Waals surface area contributed by atoms with Crippen LogP contribution in [0.4, 0.5) is 0 Å². The second-order valence-electron chi connectivity index (χ2n) is 3.50. The van der Waals surface area contributed by atoms with Crippen LogP contribution in [-0.4, -0.2) is 16.7 Å². The lowest BCUT2D eigenvalue weighted by atomic mass is 10.1. The largest absolute Gasteiger partial charge is 0.445 e. The predicted octanol–water partition coefficient (Wildman–Crippen LogP) is 2.45. The third-order valence-electron chi connectivity index (χ3n) is 2.23. The molecule has 4 heteroatoms. The van der Waals surface area contributed by atoms with Gasteiger partial charge in [0.25, 0.3) is 0 Å². The Balaban J connectivity index is 2.05. The van der Waals surface area contributed by atoms with Crippen molar-refractivity contribution in [1.82, 2.24) is 4.98 Å². The summed E-state index contributed by atoms with van der Waals surface area (Å²) in [7, 11) is 0. The van der Waals surface area contributed by atoms with Crippen molar-refractivity contribution in [1.29, 1.82) is 0 Å². The molecule has 1 N–H and O–H groups in total. The van der Waals surface area contributed by atoms with Gasteiger partial charge in [-0.25, -0.2) is 4.98 Å². The Morgan fingerprint density at radius 1 is 1.25 bits per heavy atom. The molecule has 16 heavy (non-hydrogen) atoms. The van der Waals surface area contributed by atoms with E-state index in [4.69, 9.17) is 21.1 Å². The van der Waals surface area contributed by atoms with E-state index in [0.29, 0.717) is 24.5 Å². The van der Waals surface area contributed by atoms with Gasteiger partial charge in [-0.1, -0.05) is 23.7 Å². The van der Waals surface area contributed by atoms with Crippen molar-refractivity contribution in [2.45, 2.75) is 12.8 Å². The molecule has 0 unspecified atom stereocenters. The summed E-state index contributed by atoms with van der Waals surface area (Å²) in [5.74, 6) is 1.37. The van der Waals surface area contributed by atoms with Gasteiger partial charge in [-0.3, -0.25) is 0 Å². The summed E-state index contributed by atoms with van der Waals surface area (Å²) in [6.45, 7) is 0.0789. The minimum Gasteiger partial charge on any atom is -0.445 e. The molecule has 0 radical (unpaired) electrons. The van der Waals surface area contributed by atoms with E-state index in [9.17, 15) is 0 Å². The zero-order chi connectivity index (χ0) is 11.4.